The Bertz CT molecular complexity index is 716. The molecular weight excluding hydrogens is 352 g/mol. The van der Waals surface area contributed by atoms with Gasteiger partial charge in [0.1, 0.15) is 5.75 Å². The SMILES string of the molecule is CCOc1ccc(Cc2cc([C@H]3C[C@@H](O)CC(CO)O3)ccc2Cl)cc1. The van der Waals surface area contributed by atoms with Crippen molar-refractivity contribution in [3.05, 3.63) is 64.2 Å². The van der Waals surface area contributed by atoms with Crippen molar-refractivity contribution in [2.75, 3.05) is 13.2 Å². The van der Waals surface area contributed by atoms with Crippen LogP contribution in [0.25, 0.3) is 0 Å². The molecule has 5 heteroatoms. The van der Waals surface area contributed by atoms with Crippen molar-refractivity contribution in [3.63, 3.8) is 0 Å². The summed E-state index contributed by atoms with van der Waals surface area (Å²) in [4.78, 5) is 0. The van der Waals surface area contributed by atoms with E-state index in [1.165, 1.54) is 0 Å². The molecule has 4 nitrogen and oxygen atoms in total. The molecule has 2 N–H and O–H groups in total. The number of aliphatic hydroxyl groups is 2. The van der Waals surface area contributed by atoms with Gasteiger partial charge in [-0.15, -0.1) is 0 Å². The van der Waals surface area contributed by atoms with Gasteiger partial charge in [-0.2, -0.15) is 0 Å². The normalized spacial score (nSPS) is 23.0. The Hall–Kier alpha value is -1.59. The van der Waals surface area contributed by atoms with E-state index in [0.717, 1.165) is 22.4 Å². The van der Waals surface area contributed by atoms with Crippen LogP contribution in [0.2, 0.25) is 5.02 Å². The molecule has 0 saturated carbocycles. The van der Waals surface area contributed by atoms with E-state index in [9.17, 15) is 10.2 Å². The average molecular weight is 377 g/mol. The van der Waals surface area contributed by atoms with E-state index in [0.29, 0.717) is 30.9 Å². The van der Waals surface area contributed by atoms with Gasteiger partial charge in [-0.1, -0.05) is 35.9 Å². The standard InChI is InChI=1S/C21H25ClO4/c1-2-25-18-6-3-14(4-7-18)9-16-10-15(5-8-20(16)22)21-12-17(24)11-19(13-23)26-21/h3-8,10,17,19,21,23-24H,2,9,11-13H2,1H3/t17-,19?,21+/m0/s1. The van der Waals surface area contributed by atoms with Crippen molar-refractivity contribution in [3.8, 4) is 5.75 Å². The highest BCUT2D eigenvalue weighted by Crippen LogP contribution is 2.33. The quantitative estimate of drug-likeness (QED) is 0.802. The molecule has 1 saturated heterocycles. The van der Waals surface area contributed by atoms with Crippen molar-refractivity contribution < 1.29 is 19.7 Å². The maximum Gasteiger partial charge on any atom is 0.119 e. The van der Waals surface area contributed by atoms with Gasteiger partial charge >= 0.3 is 0 Å². The molecule has 0 amide bonds. The van der Waals surface area contributed by atoms with Gasteiger partial charge in [0.15, 0.2) is 0 Å². The Morgan fingerprint density at radius 3 is 2.62 bits per heavy atom. The second-order valence-corrected chi connectivity index (χ2v) is 7.07. The van der Waals surface area contributed by atoms with Crippen molar-refractivity contribution in [1.29, 1.82) is 0 Å². The molecule has 1 fully saturated rings. The molecule has 1 aliphatic heterocycles. The number of hydrogen-bond acceptors (Lipinski definition) is 4. The van der Waals surface area contributed by atoms with E-state index in [-0.39, 0.29) is 18.8 Å². The first-order valence-corrected chi connectivity index (χ1v) is 9.41. The summed E-state index contributed by atoms with van der Waals surface area (Å²) in [6.07, 6.45) is 0.690. The third-order valence-electron chi connectivity index (χ3n) is 4.65. The van der Waals surface area contributed by atoms with Crippen molar-refractivity contribution in [2.24, 2.45) is 0 Å². The van der Waals surface area contributed by atoms with Crippen LogP contribution in [-0.4, -0.2) is 35.6 Å². The number of rotatable bonds is 6. The van der Waals surface area contributed by atoms with Crippen LogP contribution < -0.4 is 4.74 Å². The molecular formula is C21H25ClO4. The smallest absolute Gasteiger partial charge is 0.119 e. The van der Waals surface area contributed by atoms with Gasteiger partial charge in [0, 0.05) is 17.9 Å². The van der Waals surface area contributed by atoms with Crippen molar-refractivity contribution in [2.45, 2.75) is 44.5 Å². The largest absolute Gasteiger partial charge is 0.494 e. The minimum absolute atomic E-state index is 0.0831. The van der Waals surface area contributed by atoms with Gasteiger partial charge < -0.3 is 19.7 Å². The molecule has 2 aromatic rings. The molecule has 0 radical (unpaired) electrons. The van der Waals surface area contributed by atoms with Crippen LogP contribution in [0, 0.1) is 0 Å². The highest BCUT2D eigenvalue weighted by molar-refractivity contribution is 6.31. The first-order chi connectivity index (χ1) is 12.6. The first-order valence-electron chi connectivity index (χ1n) is 9.03. The summed E-state index contributed by atoms with van der Waals surface area (Å²) >= 11 is 6.40. The molecule has 0 aliphatic carbocycles. The zero-order valence-corrected chi connectivity index (χ0v) is 15.7. The van der Waals surface area contributed by atoms with Crippen molar-refractivity contribution >= 4 is 11.6 Å². The highest BCUT2D eigenvalue weighted by atomic mass is 35.5. The Morgan fingerprint density at radius 1 is 1.15 bits per heavy atom. The fourth-order valence-corrected chi connectivity index (χ4v) is 3.53. The monoisotopic (exact) mass is 376 g/mol. The average Bonchev–Trinajstić information content (AvgIpc) is 2.64. The lowest BCUT2D eigenvalue weighted by molar-refractivity contribution is -0.113. The minimum Gasteiger partial charge on any atom is -0.494 e. The molecule has 3 atom stereocenters. The van der Waals surface area contributed by atoms with E-state index in [1.807, 2.05) is 49.4 Å². The Labute approximate surface area is 159 Å². The molecule has 0 aromatic heterocycles. The molecule has 1 unspecified atom stereocenters. The molecule has 0 spiro atoms. The summed E-state index contributed by atoms with van der Waals surface area (Å²) < 4.78 is 11.4. The van der Waals surface area contributed by atoms with Crippen LogP contribution in [0.3, 0.4) is 0 Å². The van der Waals surface area contributed by atoms with Crippen LogP contribution in [0.4, 0.5) is 0 Å². The van der Waals surface area contributed by atoms with Crippen LogP contribution in [-0.2, 0) is 11.2 Å². The summed E-state index contributed by atoms with van der Waals surface area (Å²) in [7, 11) is 0. The summed E-state index contributed by atoms with van der Waals surface area (Å²) in [5, 5.41) is 20.1. The molecule has 2 aromatic carbocycles. The van der Waals surface area contributed by atoms with E-state index in [4.69, 9.17) is 21.1 Å². The van der Waals surface area contributed by atoms with E-state index in [1.54, 1.807) is 0 Å². The molecule has 0 bridgehead atoms. The number of aliphatic hydroxyl groups excluding tert-OH is 2. The lowest BCUT2D eigenvalue weighted by Gasteiger charge is -2.32. The zero-order chi connectivity index (χ0) is 18.5. The number of halogens is 1. The first kappa shape index (κ1) is 19.2. The van der Waals surface area contributed by atoms with E-state index >= 15 is 0 Å². The lowest BCUT2D eigenvalue weighted by Crippen LogP contribution is -2.33. The predicted molar refractivity (Wildman–Crippen MR) is 102 cm³/mol. The van der Waals surface area contributed by atoms with Gasteiger partial charge in [0.25, 0.3) is 0 Å². The topological polar surface area (TPSA) is 58.9 Å². The maximum absolute atomic E-state index is 10.0. The maximum atomic E-state index is 10.0. The third kappa shape index (κ3) is 4.77. The van der Waals surface area contributed by atoms with Gasteiger partial charge in [-0.05, 0) is 48.2 Å². The fraction of sp³-hybridized carbons (Fsp3) is 0.429. The Balaban J connectivity index is 1.77. The number of benzene rings is 2. The van der Waals surface area contributed by atoms with Gasteiger partial charge in [0.05, 0.1) is 31.5 Å². The van der Waals surface area contributed by atoms with Gasteiger partial charge in [-0.3, -0.25) is 0 Å². The second kappa shape index (κ2) is 8.87. The van der Waals surface area contributed by atoms with Crippen LogP contribution >= 0.6 is 11.6 Å². The molecule has 1 heterocycles. The van der Waals surface area contributed by atoms with Gasteiger partial charge in [0.2, 0.25) is 0 Å². The molecule has 1 aliphatic rings. The minimum atomic E-state index is -0.462. The molecule has 140 valence electrons. The summed E-state index contributed by atoms with van der Waals surface area (Å²) in [6.45, 7) is 2.53. The summed E-state index contributed by atoms with van der Waals surface area (Å²) in [5.41, 5.74) is 3.13. The highest BCUT2D eigenvalue weighted by Gasteiger charge is 2.29. The summed E-state index contributed by atoms with van der Waals surface area (Å²) in [5.74, 6) is 0.857. The molecule has 26 heavy (non-hydrogen) atoms. The summed E-state index contributed by atoms with van der Waals surface area (Å²) in [6, 6.07) is 13.8. The van der Waals surface area contributed by atoms with Crippen LogP contribution in [0.15, 0.2) is 42.5 Å². The fourth-order valence-electron chi connectivity index (χ4n) is 3.34. The van der Waals surface area contributed by atoms with E-state index in [2.05, 4.69) is 0 Å². The Kier molecular flexibility index (Phi) is 6.54. The lowest BCUT2D eigenvalue weighted by atomic mass is 9.94. The number of hydrogen-bond donors (Lipinski definition) is 2. The Morgan fingerprint density at radius 2 is 1.92 bits per heavy atom. The second-order valence-electron chi connectivity index (χ2n) is 6.66. The number of ether oxygens (including phenoxy) is 2. The third-order valence-corrected chi connectivity index (χ3v) is 5.02. The predicted octanol–water partition coefficient (Wildman–Crippen LogP) is 3.90. The van der Waals surface area contributed by atoms with Crippen molar-refractivity contribution in [1.82, 2.24) is 0 Å². The van der Waals surface area contributed by atoms with E-state index < -0.39 is 6.10 Å². The van der Waals surface area contributed by atoms with Crippen LogP contribution in [0.5, 0.6) is 5.75 Å². The zero-order valence-electron chi connectivity index (χ0n) is 14.9. The van der Waals surface area contributed by atoms with Crippen LogP contribution in [0.1, 0.15) is 42.6 Å². The molecule has 3 rings (SSSR count). The van der Waals surface area contributed by atoms with Gasteiger partial charge in [-0.25, -0.2) is 0 Å².